The van der Waals surface area contributed by atoms with Crippen molar-refractivity contribution in [1.82, 2.24) is 4.98 Å². The van der Waals surface area contributed by atoms with Gasteiger partial charge in [0.2, 0.25) is 5.91 Å². The second-order valence-electron chi connectivity index (χ2n) is 4.80. The number of hydrogen-bond acceptors (Lipinski definition) is 4. The van der Waals surface area contributed by atoms with Gasteiger partial charge in [-0.3, -0.25) is 4.79 Å². The summed E-state index contributed by atoms with van der Waals surface area (Å²) in [5.41, 5.74) is 6.42. The zero-order valence-corrected chi connectivity index (χ0v) is 12.7. The van der Waals surface area contributed by atoms with Crippen LogP contribution in [-0.4, -0.2) is 24.0 Å². The van der Waals surface area contributed by atoms with Gasteiger partial charge in [-0.1, -0.05) is 27.3 Å². The molecular formula is C13H14BrN3OS. The van der Waals surface area contributed by atoms with E-state index in [1.54, 1.807) is 11.3 Å². The van der Waals surface area contributed by atoms with Gasteiger partial charge in [-0.15, -0.1) is 0 Å². The molecule has 0 saturated carbocycles. The molecule has 1 amide bonds. The summed E-state index contributed by atoms with van der Waals surface area (Å²) in [6, 6.07) is 6.08. The molecule has 2 heterocycles. The molecule has 1 aromatic carbocycles. The van der Waals surface area contributed by atoms with Crippen LogP contribution in [0.5, 0.6) is 0 Å². The third-order valence-corrected chi connectivity index (χ3v) is 5.01. The van der Waals surface area contributed by atoms with Crippen molar-refractivity contribution in [2.75, 3.05) is 18.0 Å². The predicted molar refractivity (Wildman–Crippen MR) is 81.5 cm³/mol. The van der Waals surface area contributed by atoms with E-state index in [1.165, 1.54) is 0 Å². The Morgan fingerprint density at radius 2 is 2.37 bits per heavy atom. The van der Waals surface area contributed by atoms with Crippen LogP contribution in [0, 0.1) is 5.92 Å². The largest absolute Gasteiger partial charge is 0.369 e. The molecule has 0 radical (unpaired) electrons. The van der Waals surface area contributed by atoms with Crippen LogP contribution in [0.3, 0.4) is 0 Å². The molecule has 0 spiro atoms. The SMILES string of the molecule is NC(=O)C1CCCN(c2nc3ccc(Br)cc3s2)C1. The molecule has 0 bridgehead atoms. The lowest BCUT2D eigenvalue weighted by Gasteiger charge is -2.30. The minimum Gasteiger partial charge on any atom is -0.369 e. The highest BCUT2D eigenvalue weighted by Crippen LogP contribution is 2.32. The molecule has 1 aliphatic heterocycles. The molecule has 100 valence electrons. The lowest BCUT2D eigenvalue weighted by atomic mass is 9.98. The summed E-state index contributed by atoms with van der Waals surface area (Å²) in [4.78, 5) is 18.1. The number of amides is 1. The van der Waals surface area contributed by atoms with E-state index in [2.05, 4.69) is 31.9 Å². The molecular weight excluding hydrogens is 326 g/mol. The average molecular weight is 340 g/mol. The summed E-state index contributed by atoms with van der Waals surface area (Å²) >= 11 is 5.13. The number of hydrogen-bond donors (Lipinski definition) is 1. The van der Waals surface area contributed by atoms with Gasteiger partial charge in [0.25, 0.3) is 0 Å². The Kier molecular flexibility index (Phi) is 3.45. The van der Waals surface area contributed by atoms with Crippen molar-refractivity contribution in [2.45, 2.75) is 12.8 Å². The van der Waals surface area contributed by atoms with Crippen LogP contribution in [-0.2, 0) is 4.79 Å². The van der Waals surface area contributed by atoms with E-state index in [0.29, 0.717) is 6.54 Å². The van der Waals surface area contributed by atoms with Crippen LogP contribution in [0.15, 0.2) is 22.7 Å². The monoisotopic (exact) mass is 339 g/mol. The van der Waals surface area contributed by atoms with Crippen LogP contribution in [0.1, 0.15) is 12.8 Å². The van der Waals surface area contributed by atoms with Gasteiger partial charge in [0.15, 0.2) is 5.13 Å². The van der Waals surface area contributed by atoms with Crippen molar-refractivity contribution in [1.29, 1.82) is 0 Å². The van der Waals surface area contributed by atoms with E-state index < -0.39 is 0 Å². The Hall–Kier alpha value is -1.14. The number of rotatable bonds is 2. The molecule has 1 aliphatic rings. The van der Waals surface area contributed by atoms with Gasteiger partial charge in [0.05, 0.1) is 16.1 Å². The highest BCUT2D eigenvalue weighted by atomic mass is 79.9. The number of fused-ring (bicyclic) bond motifs is 1. The molecule has 1 saturated heterocycles. The van der Waals surface area contributed by atoms with E-state index >= 15 is 0 Å². The fourth-order valence-corrected chi connectivity index (χ4v) is 3.96. The van der Waals surface area contributed by atoms with Crippen molar-refractivity contribution >= 4 is 48.5 Å². The molecule has 6 heteroatoms. The normalized spacial score (nSPS) is 19.8. The van der Waals surface area contributed by atoms with E-state index in [4.69, 9.17) is 5.73 Å². The fourth-order valence-electron chi connectivity index (χ4n) is 2.40. The third-order valence-electron chi connectivity index (χ3n) is 3.43. The van der Waals surface area contributed by atoms with Crippen LogP contribution in [0.4, 0.5) is 5.13 Å². The van der Waals surface area contributed by atoms with Crippen molar-refractivity contribution < 1.29 is 4.79 Å². The van der Waals surface area contributed by atoms with Gasteiger partial charge in [0, 0.05) is 17.6 Å². The summed E-state index contributed by atoms with van der Waals surface area (Å²) < 4.78 is 2.22. The van der Waals surface area contributed by atoms with Gasteiger partial charge >= 0.3 is 0 Å². The Bertz CT molecular complexity index is 627. The third kappa shape index (κ3) is 2.60. The number of benzene rings is 1. The van der Waals surface area contributed by atoms with E-state index in [0.717, 1.165) is 39.2 Å². The number of halogens is 1. The van der Waals surface area contributed by atoms with Crippen LogP contribution >= 0.6 is 27.3 Å². The zero-order chi connectivity index (χ0) is 13.4. The molecule has 19 heavy (non-hydrogen) atoms. The molecule has 0 aliphatic carbocycles. The summed E-state index contributed by atoms with van der Waals surface area (Å²) in [6.45, 7) is 1.64. The second kappa shape index (κ2) is 5.09. The smallest absolute Gasteiger partial charge is 0.222 e. The van der Waals surface area contributed by atoms with Crippen LogP contribution < -0.4 is 10.6 Å². The maximum atomic E-state index is 11.3. The molecule has 1 fully saturated rings. The van der Waals surface area contributed by atoms with Crippen molar-refractivity contribution in [2.24, 2.45) is 11.7 Å². The number of primary amides is 1. The van der Waals surface area contributed by atoms with E-state index in [1.807, 2.05) is 12.1 Å². The minimum atomic E-state index is -0.200. The number of nitrogens with zero attached hydrogens (tertiary/aromatic N) is 2. The average Bonchev–Trinajstić information content (AvgIpc) is 2.81. The molecule has 2 N–H and O–H groups in total. The summed E-state index contributed by atoms with van der Waals surface area (Å²) in [6.07, 6.45) is 1.88. The van der Waals surface area contributed by atoms with E-state index in [9.17, 15) is 4.79 Å². The Morgan fingerprint density at radius 1 is 1.53 bits per heavy atom. The van der Waals surface area contributed by atoms with Gasteiger partial charge in [-0.25, -0.2) is 4.98 Å². The van der Waals surface area contributed by atoms with Crippen LogP contribution in [0.25, 0.3) is 10.2 Å². The molecule has 4 nitrogen and oxygen atoms in total. The highest BCUT2D eigenvalue weighted by Gasteiger charge is 2.25. The molecule has 2 aromatic rings. The van der Waals surface area contributed by atoms with E-state index in [-0.39, 0.29) is 11.8 Å². The van der Waals surface area contributed by atoms with Gasteiger partial charge in [-0.05, 0) is 31.0 Å². The van der Waals surface area contributed by atoms with Gasteiger partial charge in [-0.2, -0.15) is 0 Å². The first-order chi connectivity index (χ1) is 9.13. The topological polar surface area (TPSA) is 59.2 Å². The summed E-state index contributed by atoms with van der Waals surface area (Å²) in [5.74, 6) is -0.249. The number of nitrogens with two attached hydrogens (primary N) is 1. The summed E-state index contributed by atoms with van der Waals surface area (Å²) in [7, 11) is 0. The molecule has 3 rings (SSSR count). The molecule has 1 unspecified atom stereocenters. The minimum absolute atomic E-state index is 0.0486. The Labute approximate surface area is 123 Å². The first kappa shape index (κ1) is 12.9. The number of piperidine rings is 1. The standard InChI is InChI=1S/C13H14BrN3OS/c14-9-3-4-10-11(6-9)19-13(16-10)17-5-1-2-8(7-17)12(15)18/h3-4,6,8H,1-2,5,7H2,(H2,15,18). The predicted octanol–water partition coefficient (Wildman–Crippen LogP) is 2.76. The van der Waals surface area contributed by atoms with Gasteiger partial charge in [0.1, 0.15) is 0 Å². The Morgan fingerprint density at radius 3 is 3.16 bits per heavy atom. The lowest BCUT2D eigenvalue weighted by molar-refractivity contribution is -0.122. The maximum absolute atomic E-state index is 11.3. The number of aromatic nitrogens is 1. The molecule has 1 aromatic heterocycles. The van der Waals surface area contributed by atoms with Gasteiger partial charge < -0.3 is 10.6 Å². The molecule has 1 atom stereocenters. The second-order valence-corrected chi connectivity index (χ2v) is 6.72. The number of anilines is 1. The maximum Gasteiger partial charge on any atom is 0.222 e. The first-order valence-corrected chi connectivity index (χ1v) is 7.85. The number of carbonyl (C=O) groups excluding carboxylic acids is 1. The highest BCUT2D eigenvalue weighted by molar-refractivity contribution is 9.10. The fraction of sp³-hybridized carbons (Fsp3) is 0.385. The van der Waals surface area contributed by atoms with Crippen molar-refractivity contribution in [3.05, 3.63) is 22.7 Å². The first-order valence-electron chi connectivity index (χ1n) is 6.24. The van der Waals surface area contributed by atoms with Crippen molar-refractivity contribution in [3.63, 3.8) is 0 Å². The lowest BCUT2D eigenvalue weighted by Crippen LogP contribution is -2.41. The van der Waals surface area contributed by atoms with Crippen LogP contribution in [0.2, 0.25) is 0 Å². The zero-order valence-electron chi connectivity index (χ0n) is 10.3. The number of thiazole rings is 1. The van der Waals surface area contributed by atoms with Crippen molar-refractivity contribution in [3.8, 4) is 0 Å². The quantitative estimate of drug-likeness (QED) is 0.915. The summed E-state index contributed by atoms with van der Waals surface area (Å²) in [5, 5.41) is 0.985. The Balaban J connectivity index is 1.89. The number of carbonyl (C=O) groups is 1.